The van der Waals surface area contributed by atoms with Gasteiger partial charge in [0.05, 0.1) is 6.61 Å². The molecule has 2 fully saturated rings. The van der Waals surface area contributed by atoms with E-state index in [1.807, 2.05) is 35.2 Å². The number of ether oxygens (including phenoxy) is 1. The lowest BCUT2D eigenvalue weighted by Crippen LogP contribution is -2.34. The third-order valence-electron chi connectivity index (χ3n) is 4.08. The van der Waals surface area contributed by atoms with E-state index in [1.165, 1.54) is 0 Å². The summed E-state index contributed by atoms with van der Waals surface area (Å²) in [6, 6.07) is 9.96. The average Bonchev–Trinajstić information content (AvgIpc) is 3.00. The highest BCUT2D eigenvalue weighted by Gasteiger charge is 2.37. The Morgan fingerprint density at radius 2 is 1.85 bits per heavy atom. The molecule has 2 heterocycles. The second kappa shape index (κ2) is 7.07. The molecular formula is C15H21ClN2O2. The van der Waals surface area contributed by atoms with Crippen LogP contribution in [-0.2, 0) is 16.1 Å². The van der Waals surface area contributed by atoms with Crippen LogP contribution in [0.3, 0.4) is 0 Å². The molecule has 2 atom stereocenters. The Labute approximate surface area is 125 Å². The molecule has 0 radical (unpaired) electrons. The standard InChI is InChI=1S/C15H20N2O2.ClH/c18-15(11-19-10-12-4-2-1-3-5-12)17-8-13-6-16-7-14(13)9-17;/h1-5,13-14,16H,6-11H2;1H/t13-,14+;. The molecule has 3 rings (SSSR count). The van der Waals surface area contributed by atoms with Gasteiger partial charge in [-0.1, -0.05) is 30.3 Å². The van der Waals surface area contributed by atoms with Gasteiger partial charge >= 0.3 is 0 Å². The Kier molecular flexibility index (Phi) is 5.40. The van der Waals surface area contributed by atoms with Crippen LogP contribution in [0.4, 0.5) is 0 Å². The largest absolute Gasteiger partial charge is 0.367 e. The van der Waals surface area contributed by atoms with Gasteiger partial charge in [0.1, 0.15) is 6.61 Å². The fourth-order valence-electron chi connectivity index (χ4n) is 2.98. The van der Waals surface area contributed by atoms with E-state index in [0.29, 0.717) is 18.4 Å². The van der Waals surface area contributed by atoms with Crippen molar-refractivity contribution in [2.45, 2.75) is 6.61 Å². The second-order valence-corrected chi connectivity index (χ2v) is 5.46. The summed E-state index contributed by atoms with van der Waals surface area (Å²) in [4.78, 5) is 14.0. The van der Waals surface area contributed by atoms with E-state index in [0.717, 1.165) is 31.7 Å². The number of carbonyl (C=O) groups excluding carboxylic acids is 1. The van der Waals surface area contributed by atoms with Gasteiger partial charge in [-0.3, -0.25) is 4.79 Å². The summed E-state index contributed by atoms with van der Waals surface area (Å²) in [6.45, 7) is 4.60. The molecule has 20 heavy (non-hydrogen) atoms. The van der Waals surface area contributed by atoms with Gasteiger partial charge in [-0.15, -0.1) is 12.4 Å². The van der Waals surface area contributed by atoms with Gasteiger partial charge in [0.25, 0.3) is 0 Å². The van der Waals surface area contributed by atoms with Gasteiger partial charge in [0.15, 0.2) is 0 Å². The molecule has 0 aliphatic carbocycles. The normalized spacial score (nSPS) is 24.3. The van der Waals surface area contributed by atoms with Gasteiger partial charge in [-0.05, 0) is 17.4 Å². The van der Waals surface area contributed by atoms with Crippen LogP contribution in [0.15, 0.2) is 30.3 Å². The number of hydrogen-bond donors (Lipinski definition) is 1. The number of rotatable bonds is 4. The van der Waals surface area contributed by atoms with Gasteiger partial charge in [0.2, 0.25) is 5.91 Å². The maximum atomic E-state index is 12.0. The summed E-state index contributed by atoms with van der Waals surface area (Å²) in [5.41, 5.74) is 1.11. The first-order valence-electron chi connectivity index (χ1n) is 6.93. The molecule has 1 aromatic rings. The molecule has 0 bridgehead atoms. The van der Waals surface area contributed by atoms with Crippen LogP contribution in [0.1, 0.15) is 5.56 Å². The number of benzene rings is 1. The maximum absolute atomic E-state index is 12.0. The van der Waals surface area contributed by atoms with Crippen molar-refractivity contribution in [3.8, 4) is 0 Å². The monoisotopic (exact) mass is 296 g/mol. The third kappa shape index (κ3) is 3.51. The smallest absolute Gasteiger partial charge is 0.248 e. The fraction of sp³-hybridized carbons (Fsp3) is 0.533. The number of halogens is 1. The molecule has 4 nitrogen and oxygen atoms in total. The van der Waals surface area contributed by atoms with Crippen molar-refractivity contribution in [2.24, 2.45) is 11.8 Å². The van der Waals surface area contributed by atoms with E-state index in [1.54, 1.807) is 0 Å². The summed E-state index contributed by atoms with van der Waals surface area (Å²) < 4.78 is 5.51. The van der Waals surface area contributed by atoms with Crippen LogP contribution in [0.25, 0.3) is 0 Å². The average molecular weight is 297 g/mol. The molecule has 2 saturated heterocycles. The van der Waals surface area contributed by atoms with Gasteiger partial charge < -0.3 is 15.0 Å². The van der Waals surface area contributed by atoms with E-state index in [2.05, 4.69) is 5.32 Å². The molecule has 1 aromatic carbocycles. The van der Waals surface area contributed by atoms with E-state index >= 15 is 0 Å². The van der Waals surface area contributed by atoms with Crippen LogP contribution in [0, 0.1) is 11.8 Å². The topological polar surface area (TPSA) is 41.6 Å². The van der Waals surface area contributed by atoms with Crippen molar-refractivity contribution in [1.82, 2.24) is 10.2 Å². The molecule has 0 saturated carbocycles. The first kappa shape index (κ1) is 15.3. The number of fused-ring (bicyclic) bond motifs is 1. The predicted octanol–water partition coefficient (Wildman–Crippen LogP) is 1.30. The number of carbonyl (C=O) groups is 1. The molecule has 0 aromatic heterocycles. The minimum atomic E-state index is 0. The highest BCUT2D eigenvalue weighted by atomic mass is 35.5. The highest BCUT2D eigenvalue weighted by Crippen LogP contribution is 2.26. The van der Waals surface area contributed by atoms with E-state index in [4.69, 9.17) is 4.74 Å². The number of likely N-dealkylation sites (tertiary alicyclic amines) is 1. The number of amides is 1. The summed E-state index contributed by atoms with van der Waals surface area (Å²) in [5.74, 6) is 1.43. The molecule has 5 heteroatoms. The van der Waals surface area contributed by atoms with Gasteiger partial charge in [-0.2, -0.15) is 0 Å². The molecule has 0 unspecified atom stereocenters. The lowest BCUT2D eigenvalue weighted by Gasteiger charge is -2.17. The molecule has 1 N–H and O–H groups in total. The van der Waals surface area contributed by atoms with E-state index < -0.39 is 0 Å². The number of hydrogen-bond acceptors (Lipinski definition) is 3. The van der Waals surface area contributed by atoms with Crippen molar-refractivity contribution < 1.29 is 9.53 Å². The Hall–Kier alpha value is -1.10. The van der Waals surface area contributed by atoms with Crippen LogP contribution in [0.2, 0.25) is 0 Å². The zero-order valence-corrected chi connectivity index (χ0v) is 12.3. The van der Waals surface area contributed by atoms with Crippen LogP contribution < -0.4 is 5.32 Å². The van der Waals surface area contributed by atoms with Crippen LogP contribution in [0.5, 0.6) is 0 Å². The summed E-state index contributed by atoms with van der Waals surface area (Å²) in [5, 5.41) is 3.38. The quantitative estimate of drug-likeness (QED) is 0.911. The first-order valence-corrected chi connectivity index (χ1v) is 6.93. The maximum Gasteiger partial charge on any atom is 0.248 e. The Balaban J connectivity index is 0.00000147. The summed E-state index contributed by atoms with van der Waals surface area (Å²) >= 11 is 0. The summed E-state index contributed by atoms with van der Waals surface area (Å²) in [6.07, 6.45) is 0. The highest BCUT2D eigenvalue weighted by molar-refractivity contribution is 5.85. The number of nitrogens with zero attached hydrogens (tertiary/aromatic N) is 1. The fourth-order valence-corrected chi connectivity index (χ4v) is 2.98. The van der Waals surface area contributed by atoms with Crippen LogP contribution in [-0.4, -0.2) is 43.6 Å². The zero-order valence-electron chi connectivity index (χ0n) is 11.5. The molecular weight excluding hydrogens is 276 g/mol. The molecule has 1 amide bonds. The van der Waals surface area contributed by atoms with Crippen molar-refractivity contribution >= 4 is 18.3 Å². The Morgan fingerprint density at radius 3 is 2.50 bits per heavy atom. The SMILES string of the molecule is Cl.O=C(COCc1ccccc1)N1C[C@H]2CNC[C@H]2C1. The van der Waals surface area contributed by atoms with E-state index in [9.17, 15) is 4.79 Å². The third-order valence-corrected chi connectivity index (χ3v) is 4.08. The minimum Gasteiger partial charge on any atom is -0.367 e. The Morgan fingerprint density at radius 1 is 1.20 bits per heavy atom. The molecule has 0 spiro atoms. The van der Waals surface area contributed by atoms with Gasteiger partial charge in [-0.25, -0.2) is 0 Å². The van der Waals surface area contributed by atoms with E-state index in [-0.39, 0.29) is 24.9 Å². The predicted molar refractivity (Wildman–Crippen MR) is 79.8 cm³/mol. The summed E-state index contributed by atoms with van der Waals surface area (Å²) in [7, 11) is 0. The van der Waals surface area contributed by atoms with Crippen molar-refractivity contribution in [1.29, 1.82) is 0 Å². The molecule has 2 aliphatic rings. The molecule has 110 valence electrons. The van der Waals surface area contributed by atoms with Gasteiger partial charge in [0, 0.05) is 26.2 Å². The first-order chi connectivity index (χ1) is 9.33. The van der Waals surface area contributed by atoms with Crippen molar-refractivity contribution in [3.63, 3.8) is 0 Å². The number of nitrogens with one attached hydrogen (secondary N) is 1. The second-order valence-electron chi connectivity index (χ2n) is 5.46. The van der Waals surface area contributed by atoms with Crippen LogP contribution >= 0.6 is 12.4 Å². The minimum absolute atomic E-state index is 0. The lowest BCUT2D eigenvalue weighted by molar-refractivity contribution is -0.135. The molecule has 2 aliphatic heterocycles. The van der Waals surface area contributed by atoms with Crippen molar-refractivity contribution in [3.05, 3.63) is 35.9 Å². The van der Waals surface area contributed by atoms with Crippen molar-refractivity contribution in [2.75, 3.05) is 32.8 Å². The lowest BCUT2D eigenvalue weighted by atomic mass is 10.0. The zero-order chi connectivity index (χ0) is 13.1. The Bertz CT molecular complexity index is 429.